The number of aliphatic hydroxyl groups excluding tert-OH is 7. The second kappa shape index (κ2) is 13.8. The lowest BCUT2D eigenvalue weighted by molar-refractivity contribution is -0.374. The Bertz CT molecular complexity index is 1280. The Morgan fingerprint density at radius 3 is 2.21 bits per heavy atom. The average Bonchev–Trinajstić information content (AvgIpc) is 3.56. The molecule has 4 aliphatic heterocycles. The average molecular weight is 741 g/mol. The zero-order valence-corrected chi connectivity index (χ0v) is 31.4. The van der Waals surface area contributed by atoms with Crippen molar-refractivity contribution in [1.29, 1.82) is 0 Å². The van der Waals surface area contributed by atoms with Crippen LogP contribution in [0.2, 0.25) is 0 Å². The van der Waals surface area contributed by atoms with Crippen molar-refractivity contribution < 1.29 is 64.2 Å². The van der Waals surface area contributed by atoms with Crippen LogP contribution in [0.3, 0.4) is 0 Å². The van der Waals surface area contributed by atoms with Crippen LogP contribution in [0, 0.1) is 52.3 Å². The van der Waals surface area contributed by atoms with E-state index in [4.69, 9.17) is 28.4 Å². The summed E-state index contributed by atoms with van der Waals surface area (Å²) in [6.45, 7) is 11.2. The second-order valence-electron chi connectivity index (χ2n) is 18.8. The summed E-state index contributed by atoms with van der Waals surface area (Å²) in [4.78, 5) is 0. The standard InChI is InChI=1S/C39H64O13/c1-17-8-11-39(47-16-17)18(2)28-26(52-39)13-23-21-7-6-20-12-25(24(41)14-38(20,5)22(21)9-10-37(23,28)4)49-36-34(32(45)30(43)27(15-40)50-36)51-35-33(46)31(44)29(42)19(3)48-35/h17-36,40-46H,6-16H2,1-5H3/t17-,18+,19+,20+,21-,22+,23+,24-,25-,26+,27-,28+,29+,30+,31-,32+,33-,34-,35+,36-,37+,38+,39-/m1/s1. The number of fused-ring (bicyclic) bond motifs is 7. The maximum atomic E-state index is 11.8. The molecular weight excluding hydrogens is 676 g/mol. The summed E-state index contributed by atoms with van der Waals surface area (Å²) in [5.41, 5.74) is 0.115. The number of hydrogen-bond acceptors (Lipinski definition) is 13. The molecule has 4 saturated carbocycles. The first kappa shape index (κ1) is 38.4. The van der Waals surface area contributed by atoms with Gasteiger partial charge in [-0.15, -0.1) is 0 Å². The van der Waals surface area contributed by atoms with Gasteiger partial charge in [0, 0.05) is 12.3 Å². The zero-order valence-electron chi connectivity index (χ0n) is 31.4. The lowest BCUT2D eigenvalue weighted by Gasteiger charge is -2.62. The summed E-state index contributed by atoms with van der Waals surface area (Å²) in [7, 11) is 0. The molecule has 4 saturated heterocycles. The Balaban J connectivity index is 0.962. The van der Waals surface area contributed by atoms with Crippen LogP contribution in [0.5, 0.6) is 0 Å². The van der Waals surface area contributed by atoms with Gasteiger partial charge in [-0.3, -0.25) is 0 Å². The van der Waals surface area contributed by atoms with Crippen LogP contribution in [0.15, 0.2) is 0 Å². The largest absolute Gasteiger partial charge is 0.394 e. The molecule has 0 aromatic carbocycles. The fourth-order valence-electron chi connectivity index (χ4n) is 13.2. The van der Waals surface area contributed by atoms with Crippen LogP contribution in [-0.4, -0.2) is 134 Å². The van der Waals surface area contributed by atoms with Gasteiger partial charge >= 0.3 is 0 Å². The van der Waals surface area contributed by atoms with Crippen molar-refractivity contribution in [3.8, 4) is 0 Å². The highest BCUT2D eigenvalue weighted by molar-refractivity contribution is 5.16. The van der Waals surface area contributed by atoms with Crippen molar-refractivity contribution in [3.63, 3.8) is 0 Å². The summed E-state index contributed by atoms with van der Waals surface area (Å²) in [5.74, 6) is 2.91. The van der Waals surface area contributed by atoms with Crippen molar-refractivity contribution in [2.24, 2.45) is 52.3 Å². The van der Waals surface area contributed by atoms with Gasteiger partial charge in [0.05, 0.1) is 37.6 Å². The molecular formula is C39H64O13. The van der Waals surface area contributed by atoms with E-state index < -0.39 is 86.0 Å². The van der Waals surface area contributed by atoms with E-state index in [-0.39, 0.29) is 22.9 Å². The van der Waals surface area contributed by atoms with Gasteiger partial charge in [0.15, 0.2) is 18.4 Å². The molecule has 8 aliphatic rings. The highest BCUT2D eigenvalue weighted by Crippen LogP contribution is 2.71. The number of rotatable bonds is 5. The van der Waals surface area contributed by atoms with Crippen molar-refractivity contribution in [3.05, 3.63) is 0 Å². The Kier molecular flexibility index (Phi) is 10.2. The first-order valence-electron chi connectivity index (χ1n) is 20.2. The van der Waals surface area contributed by atoms with Crippen molar-refractivity contribution in [2.75, 3.05) is 13.2 Å². The first-order valence-corrected chi connectivity index (χ1v) is 20.2. The molecule has 8 fully saturated rings. The molecule has 0 aromatic rings. The molecule has 4 heterocycles. The molecule has 0 unspecified atom stereocenters. The van der Waals surface area contributed by atoms with E-state index in [1.807, 2.05) is 0 Å². The van der Waals surface area contributed by atoms with E-state index in [1.54, 1.807) is 0 Å². The third kappa shape index (κ3) is 5.89. The maximum Gasteiger partial charge on any atom is 0.187 e. The molecule has 1 spiro atoms. The summed E-state index contributed by atoms with van der Waals surface area (Å²) in [5, 5.41) is 74.8. The molecule has 298 valence electrons. The minimum atomic E-state index is -1.65. The van der Waals surface area contributed by atoms with Gasteiger partial charge in [0.1, 0.15) is 42.7 Å². The van der Waals surface area contributed by atoms with Gasteiger partial charge in [-0.2, -0.15) is 0 Å². The molecule has 7 N–H and O–H groups in total. The zero-order chi connectivity index (χ0) is 37.1. The van der Waals surface area contributed by atoms with Crippen LogP contribution in [0.4, 0.5) is 0 Å². The van der Waals surface area contributed by atoms with Crippen LogP contribution in [0.1, 0.15) is 92.4 Å². The van der Waals surface area contributed by atoms with Crippen LogP contribution in [0.25, 0.3) is 0 Å². The van der Waals surface area contributed by atoms with Crippen LogP contribution in [-0.2, 0) is 28.4 Å². The fourth-order valence-corrected chi connectivity index (χ4v) is 13.2. The van der Waals surface area contributed by atoms with Crippen LogP contribution >= 0.6 is 0 Å². The van der Waals surface area contributed by atoms with E-state index in [9.17, 15) is 35.7 Å². The van der Waals surface area contributed by atoms with Crippen molar-refractivity contribution in [1.82, 2.24) is 0 Å². The minimum Gasteiger partial charge on any atom is -0.394 e. The second-order valence-corrected chi connectivity index (χ2v) is 18.8. The van der Waals surface area contributed by atoms with E-state index in [0.29, 0.717) is 48.3 Å². The summed E-state index contributed by atoms with van der Waals surface area (Å²) >= 11 is 0. The van der Waals surface area contributed by atoms with E-state index in [0.717, 1.165) is 51.6 Å². The highest BCUT2D eigenvalue weighted by atomic mass is 16.8. The first-order chi connectivity index (χ1) is 24.6. The number of hydrogen-bond donors (Lipinski definition) is 7. The number of aliphatic hydroxyl groups is 7. The molecule has 0 bridgehead atoms. The highest BCUT2D eigenvalue weighted by Gasteiger charge is 2.69. The van der Waals surface area contributed by atoms with Gasteiger partial charge < -0.3 is 64.2 Å². The predicted octanol–water partition coefficient (Wildman–Crippen LogP) is 1.44. The molecule has 4 aliphatic carbocycles. The summed E-state index contributed by atoms with van der Waals surface area (Å²) in [6.07, 6.45) is -6.51. The summed E-state index contributed by atoms with van der Waals surface area (Å²) < 4.78 is 37.4. The fraction of sp³-hybridized carbons (Fsp3) is 1.00. The third-order valence-corrected chi connectivity index (χ3v) is 16.2. The Morgan fingerprint density at radius 1 is 0.731 bits per heavy atom. The smallest absolute Gasteiger partial charge is 0.187 e. The normalized spacial score (nSPS) is 60.5. The topological polar surface area (TPSA) is 197 Å². The number of ether oxygens (including phenoxy) is 6. The Labute approximate surface area is 307 Å². The minimum absolute atomic E-state index is 0.0859. The quantitative estimate of drug-likeness (QED) is 0.200. The third-order valence-electron chi connectivity index (χ3n) is 16.2. The van der Waals surface area contributed by atoms with Crippen LogP contribution < -0.4 is 0 Å². The van der Waals surface area contributed by atoms with Gasteiger partial charge in [0.2, 0.25) is 0 Å². The molecule has 0 radical (unpaired) electrons. The van der Waals surface area contributed by atoms with Gasteiger partial charge in [-0.25, -0.2) is 0 Å². The Hall–Kier alpha value is -0.520. The predicted molar refractivity (Wildman–Crippen MR) is 183 cm³/mol. The van der Waals surface area contributed by atoms with Gasteiger partial charge in [-0.05, 0) is 105 Å². The van der Waals surface area contributed by atoms with E-state index in [1.165, 1.54) is 6.92 Å². The SMILES string of the molecule is C[C@@H]1CC[C@@]2(OC1)O[C@H]1C[C@H]3[C@@H]4CC[C@H]5C[C@@H](O[C@@H]6O[C@H](CO)[C@H](O)[C@H](O)[C@H]6O[C@@H]6O[C@@H](C)[C@H](O)[C@@H](O)[C@H]6O)[C@H](O)C[C@]5(C)[C@H]4CC[C@]3(C)[C@H]1[C@@H]2C. The lowest BCUT2D eigenvalue weighted by Crippen LogP contribution is -2.65. The lowest BCUT2D eigenvalue weighted by atomic mass is 9.44. The molecule has 52 heavy (non-hydrogen) atoms. The molecule has 0 amide bonds. The molecule has 13 heteroatoms. The van der Waals surface area contributed by atoms with Crippen molar-refractivity contribution >= 4 is 0 Å². The van der Waals surface area contributed by atoms with Gasteiger partial charge in [-0.1, -0.05) is 27.7 Å². The van der Waals surface area contributed by atoms with Crippen molar-refractivity contribution in [2.45, 2.75) is 178 Å². The molecule has 13 nitrogen and oxygen atoms in total. The molecule has 23 atom stereocenters. The summed E-state index contributed by atoms with van der Waals surface area (Å²) in [6, 6.07) is 0. The van der Waals surface area contributed by atoms with Gasteiger partial charge in [0.25, 0.3) is 0 Å². The molecule has 0 aromatic heterocycles. The molecule has 8 rings (SSSR count). The van der Waals surface area contributed by atoms with E-state index in [2.05, 4.69) is 27.7 Å². The monoisotopic (exact) mass is 740 g/mol. The maximum absolute atomic E-state index is 11.8. The van der Waals surface area contributed by atoms with E-state index >= 15 is 0 Å². The Morgan fingerprint density at radius 2 is 1.50 bits per heavy atom.